The third-order valence-corrected chi connectivity index (χ3v) is 9.33. The maximum absolute atomic E-state index is 13.0. The molecule has 7 heteroatoms. The number of esters is 1. The molecule has 0 N–H and O–H groups in total. The van der Waals surface area contributed by atoms with Crippen molar-refractivity contribution in [3.05, 3.63) is 54.1 Å². The fraction of sp³-hybridized carbons (Fsp3) is 0.636. The number of aryl methyl sites for hydroxylation is 1. The molecule has 2 fully saturated rings. The van der Waals surface area contributed by atoms with Crippen LogP contribution < -0.4 is 0 Å². The molecule has 1 heterocycles. The normalized spacial score (nSPS) is 24.2. The van der Waals surface area contributed by atoms with Crippen molar-refractivity contribution in [1.82, 2.24) is 0 Å². The number of methoxy groups -OCH3 is 1. The van der Waals surface area contributed by atoms with Crippen LogP contribution >= 0.6 is 0 Å². The van der Waals surface area contributed by atoms with E-state index in [1.165, 1.54) is 12.7 Å². The van der Waals surface area contributed by atoms with E-state index in [1.807, 2.05) is 31.2 Å². The summed E-state index contributed by atoms with van der Waals surface area (Å²) in [6.07, 6.45) is 19.4. The second kappa shape index (κ2) is 18.5. The number of ether oxygens (including phenoxy) is 3. The Balaban J connectivity index is 1.43. The number of Topliss-reactive ketones (excluding diaryl/α,β-unsaturated/α-hetero) is 1. The average Bonchev–Trinajstić information content (AvgIpc) is 3.25. The largest absolute Gasteiger partial charge is 0.611 e. The summed E-state index contributed by atoms with van der Waals surface area (Å²) in [6.45, 7) is 2.77. The fourth-order valence-corrected chi connectivity index (χ4v) is 6.60. The van der Waals surface area contributed by atoms with Gasteiger partial charge in [0.25, 0.3) is 0 Å². The molecule has 1 aromatic rings. The summed E-state index contributed by atoms with van der Waals surface area (Å²) in [6, 6.07) is 7.96. The first-order valence-electron chi connectivity index (χ1n) is 15.1. The smallest absolute Gasteiger partial charge is 0.305 e. The fourth-order valence-electron chi connectivity index (χ4n) is 5.46. The number of rotatable bonds is 17. The van der Waals surface area contributed by atoms with E-state index in [-0.39, 0.29) is 36.0 Å². The van der Waals surface area contributed by atoms with E-state index in [2.05, 4.69) is 24.3 Å². The Kier molecular flexibility index (Phi) is 15.1. The molecule has 1 aliphatic carbocycles. The molecule has 0 amide bonds. The number of ketones is 1. The Morgan fingerprint density at radius 2 is 1.77 bits per heavy atom. The summed E-state index contributed by atoms with van der Waals surface area (Å²) in [5, 5.41) is 0. The van der Waals surface area contributed by atoms with Gasteiger partial charge in [0.05, 0.1) is 13.2 Å². The Labute approximate surface area is 244 Å². The van der Waals surface area contributed by atoms with E-state index in [4.69, 9.17) is 14.2 Å². The molecule has 0 spiro atoms. The molecule has 222 valence electrons. The van der Waals surface area contributed by atoms with Gasteiger partial charge in [0.1, 0.15) is 11.5 Å². The minimum Gasteiger partial charge on any atom is -0.611 e. The molecule has 1 aliphatic heterocycles. The van der Waals surface area contributed by atoms with Crippen molar-refractivity contribution in [2.45, 2.75) is 108 Å². The van der Waals surface area contributed by atoms with Gasteiger partial charge in [-0.2, -0.15) is 0 Å². The van der Waals surface area contributed by atoms with E-state index in [0.29, 0.717) is 25.0 Å². The van der Waals surface area contributed by atoms with E-state index in [0.717, 1.165) is 75.7 Å². The number of hydrogen-bond acceptors (Lipinski definition) is 6. The summed E-state index contributed by atoms with van der Waals surface area (Å²) in [7, 11) is 1.41. The van der Waals surface area contributed by atoms with Crippen LogP contribution in [0, 0.1) is 18.8 Å². The van der Waals surface area contributed by atoms with Gasteiger partial charge in [-0.15, -0.1) is 0 Å². The zero-order valence-corrected chi connectivity index (χ0v) is 25.2. The summed E-state index contributed by atoms with van der Waals surface area (Å²) < 4.78 is 29.3. The lowest BCUT2D eigenvalue weighted by atomic mass is 9.88. The van der Waals surface area contributed by atoms with Crippen LogP contribution in [0.3, 0.4) is 0 Å². The molecule has 1 aromatic carbocycles. The highest BCUT2D eigenvalue weighted by atomic mass is 32.2. The maximum atomic E-state index is 13.0. The van der Waals surface area contributed by atoms with Crippen molar-refractivity contribution < 1.29 is 28.4 Å². The minimum atomic E-state index is -0.925. The third-order valence-electron chi connectivity index (χ3n) is 7.87. The lowest BCUT2D eigenvalue weighted by Gasteiger charge is -2.29. The molecule has 5 atom stereocenters. The van der Waals surface area contributed by atoms with Gasteiger partial charge in [-0.25, -0.2) is 0 Å². The molecule has 40 heavy (non-hydrogen) atoms. The lowest BCUT2D eigenvalue weighted by Crippen LogP contribution is -2.31. The number of unbranched alkanes of at least 4 members (excludes halogenated alkanes) is 4. The van der Waals surface area contributed by atoms with E-state index >= 15 is 0 Å². The monoisotopic (exact) mass is 572 g/mol. The zero-order valence-electron chi connectivity index (χ0n) is 24.4. The molecule has 6 nitrogen and oxygen atoms in total. The van der Waals surface area contributed by atoms with Crippen LogP contribution in [0.4, 0.5) is 0 Å². The molecule has 2 aliphatic rings. The zero-order chi connectivity index (χ0) is 28.6. The molecule has 0 bridgehead atoms. The second-order valence-electron chi connectivity index (χ2n) is 11.0. The number of carbonyl (C=O) groups is 2. The summed E-state index contributed by atoms with van der Waals surface area (Å²) in [5.41, 5.74) is 1.19. The van der Waals surface area contributed by atoms with Crippen LogP contribution in [0.15, 0.2) is 53.5 Å². The van der Waals surface area contributed by atoms with Crippen LogP contribution in [-0.4, -0.2) is 48.2 Å². The molecule has 3 rings (SSSR count). The van der Waals surface area contributed by atoms with Gasteiger partial charge in [-0.05, 0) is 107 Å². The van der Waals surface area contributed by atoms with Gasteiger partial charge in [0.15, 0.2) is 11.2 Å². The summed E-state index contributed by atoms with van der Waals surface area (Å²) in [5.74, 6) is 0.892. The van der Waals surface area contributed by atoms with Gasteiger partial charge in [-0.3, -0.25) is 9.59 Å². The highest BCUT2D eigenvalue weighted by Gasteiger charge is 2.42. The van der Waals surface area contributed by atoms with Crippen molar-refractivity contribution in [3.63, 3.8) is 0 Å². The average molecular weight is 573 g/mol. The molecule has 0 aromatic heterocycles. The van der Waals surface area contributed by atoms with E-state index in [1.54, 1.807) is 0 Å². The predicted octanol–water partition coefficient (Wildman–Crippen LogP) is 7.02. The van der Waals surface area contributed by atoms with Crippen LogP contribution in [0.2, 0.25) is 0 Å². The van der Waals surface area contributed by atoms with Gasteiger partial charge < -0.3 is 18.8 Å². The molecule has 1 saturated carbocycles. The van der Waals surface area contributed by atoms with Crippen molar-refractivity contribution in [3.8, 4) is 0 Å². The van der Waals surface area contributed by atoms with Gasteiger partial charge >= 0.3 is 5.97 Å². The quantitative estimate of drug-likeness (QED) is 0.0863. The van der Waals surface area contributed by atoms with Gasteiger partial charge in [0, 0.05) is 25.4 Å². The highest BCUT2D eigenvalue weighted by Crippen LogP contribution is 2.38. The Hall–Kier alpha value is -1.93. The van der Waals surface area contributed by atoms with Crippen molar-refractivity contribution in [2.75, 3.05) is 19.5 Å². The molecule has 2 unspecified atom stereocenters. The maximum Gasteiger partial charge on any atom is 0.305 e. The van der Waals surface area contributed by atoms with Crippen LogP contribution in [-0.2, 0) is 35.0 Å². The molecule has 0 radical (unpaired) electrons. The minimum absolute atomic E-state index is 0.0492. The van der Waals surface area contributed by atoms with Gasteiger partial charge in [-0.1, -0.05) is 42.0 Å². The first-order chi connectivity index (χ1) is 19.5. The number of allylic oxidation sites excluding steroid dienone is 4. The van der Waals surface area contributed by atoms with E-state index in [9.17, 15) is 14.1 Å². The van der Waals surface area contributed by atoms with Crippen molar-refractivity contribution in [1.29, 1.82) is 0 Å². The van der Waals surface area contributed by atoms with Crippen molar-refractivity contribution >= 4 is 22.9 Å². The van der Waals surface area contributed by atoms with Crippen LogP contribution in [0.1, 0.15) is 89.0 Å². The first kappa shape index (κ1) is 32.6. The third kappa shape index (κ3) is 11.5. The summed E-state index contributed by atoms with van der Waals surface area (Å²) >= 11 is -0.925. The predicted molar refractivity (Wildman–Crippen MR) is 159 cm³/mol. The SMILES string of the molecule is COC(=O)CCC/C=C\C[C@H]1C(=O)C[C@@H](OC2CCCCO2)[C@@H]1C/C=C/CCCCC[S+]([O-])c1ccc(C)cc1. The number of hydrogen-bond donors (Lipinski definition) is 0. The standard InChI is InChI=1S/C33H48O6S/c1-26-19-21-27(22-20-26)40(36)24-14-8-4-3-5-10-16-29-28(15-9-6-7-11-17-32(35)37-2)30(34)25-31(29)39-33-18-12-13-23-38-33/h5-6,9-10,19-22,28-29,31,33H,3-4,7-8,11-18,23-25H2,1-2H3/b9-6-,10-5+/t28-,29-,31-,33?,40?/m1/s1. The van der Waals surface area contributed by atoms with Crippen LogP contribution in [0.25, 0.3) is 0 Å². The lowest BCUT2D eigenvalue weighted by molar-refractivity contribution is -0.195. The molecular weight excluding hydrogens is 524 g/mol. The Morgan fingerprint density at radius 3 is 2.50 bits per heavy atom. The molecular formula is C33H48O6S. The summed E-state index contributed by atoms with van der Waals surface area (Å²) in [4.78, 5) is 25.2. The van der Waals surface area contributed by atoms with E-state index < -0.39 is 11.2 Å². The van der Waals surface area contributed by atoms with Crippen LogP contribution in [0.5, 0.6) is 0 Å². The Bertz CT molecular complexity index is 937. The number of benzene rings is 1. The number of carbonyl (C=O) groups excluding carboxylic acids is 2. The van der Waals surface area contributed by atoms with Gasteiger partial charge in [0.2, 0.25) is 0 Å². The molecule has 1 saturated heterocycles. The van der Waals surface area contributed by atoms with Crippen molar-refractivity contribution in [2.24, 2.45) is 11.8 Å². The first-order valence-corrected chi connectivity index (χ1v) is 16.4. The second-order valence-corrected chi connectivity index (χ2v) is 12.6. The highest BCUT2D eigenvalue weighted by molar-refractivity contribution is 7.91. The topological polar surface area (TPSA) is 84.9 Å². The Morgan fingerprint density at radius 1 is 1.02 bits per heavy atom.